The Morgan fingerprint density at radius 1 is 0.963 bits per heavy atom. The molecule has 5 nitrogen and oxygen atoms in total. The number of nitrogens with zero attached hydrogens (tertiary/aromatic N) is 2. The van der Waals surface area contributed by atoms with Crippen LogP contribution in [0.4, 0.5) is 14.5 Å². The van der Waals surface area contributed by atoms with Gasteiger partial charge >= 0.3 is 0 Å². The van der Waals surface area contributed by atoms with Gasteiger partial charge in [0.05, 0.1) is 4.90 Å². The van der Waals surface area contributed by atoms with Gasteiger partial charge in [-0.25, -0.2) is 21.9 Å². The molecule has 1 aliphatic heterocycles. The molecule has 1 fully saturated rings. The third kappa shape index (κ3) is 5.16. The Morgan fingerprint density at radius 3 is 2.26 bits per heavy atom. The topological polar surface area (TPSA) is 52.7 Å². The molecule has 2 aromatic rings. The van der Waals surface area contributed by atoms with Crippen molar-refractivity contribution in [3.63, 3.8) is 0 Å². The Balaban J connectivity index is 1.47. The summed E-state index contributed by atoms with van der Waals surface area (Å²) in [6.45, 7) is 4.00. The molecule has 2 aromatic carbocycles. The van der Waals surface area contributed by atoms with E-state index in [9.17, 15) is 17.2 Å². The summed E-state index contributed by atoms with van der Waals surface area (Å²) in [5.74, 6) is -2.26. The normalized spacial score (nSPS) is 15.9. The van der Waals surface area contributed by atoms with E-state index in [0.29, 0.717) is 17.6 Å². The van der Waals surface area contributed by atoms with Crippen molar-refractivity contribution in [3.05, 3.63) is 59.1 Å². The number of benzene rings is 2. The minimum Gasteiger partial charge on any atom is -0.369 e. The van der Waals surface area contributed by atoms with Gasteiger partial charge in [-0.05, 0) is 42.5 Å². The second-order valence-electron chi connectivity index (χ2n) is 6.28. The van der Waals surface area contributed by atoms with E-state index < -0.39 is 21.7 Å². The maximum Gasteiger partial charge on any atom is 0.240 e. The van der Waals surface area contributed by atoms with Crippen LogP contribution >= 0.6 is 11.6 Å². The molecule has 9 heteroatoms. The Morgan fingerprint density at radius 2 is 1.63 bits per heavy atom. The average Bonchev–Trinajstić information content (AvgIpc) is 2.65. The van der Waals surface area contributed by atoms with Gasteiger partial charge in [0.15, 0.2) is 11.6 Å². The molecule has 0 saturated carbocycles. The first-order valence-corrected chi connectivity index (χ1v) is 10.4. The fourth-order valence-electron chi connectivity index (χ4n) is 2.95. The van der Waals surface area contributed by atoms with Crippen LogP contribution < -0.4 is 9.62 Å². The van der Waals surface area contributed by atoms with E-state index >= 15 is 0 Å². The molecular formula is C18H20ClF2N3O2S. The number of sulfonamides is 1. The van der Waals surface area contributed by atoms with Gasteiger partial charge in [0.2, 0.25) is 10.0 Å². The molecule has 3 rings (SSSR count). The summed E-state index contributed by atoms with van der Waals surface area (Å²) < 4.78 is 52.9. The molecule has 0 unspecified atom stereocenters. The molecule has 1 saturated heterocycles. The van der Waals surface area contributed by atoms with Crippen molar-refractivity contribution >= 4 is 27.3 Å². The third-order valence-corrected chi connectivity index (χ3v) is 6.20. The third-order valence-electron chi connectivity index (χ3n) is 4.49. The summed E-state index contributed by atoms with van der Waals surface area (Å²) in [6, 6.07) is 10.2. The second kappa shape index (κ2) is 8.52. The summed E-state index contributed by atoms with van der Waals surface area (Å²) in [5, 5.41) is 0.700. The van der Waals surface area contributed by atoms with E-state index in [4.69, 9.17) is 11.6 Å². The number of hydrogen-bond donors (Lipinski definition) is 1. The molecule has 1 N–H and O–H groups in total. The van der Waals surface area contributed by atoms with E-state index in [-0.39, 0.29) is 11.4 Å². The van der Waals surface area contributed by atoms with Gasteiger partial charge < -0.3 is 4.90 Å². The monoisotopic (exact) mass is 415 g/mol. The molecule has 0 amide bonds. The quantitative estimate of drug-likeness (QED) is 0.788. The van der Waals surface area contributed by atoms with E-state index in [1.807, 2.05) is 24.3 Å². The average molecular weight is 416 g/mol. The Kier molecular flexibility index (Phi) is 6.31. The van der Waals surface area contributed by atoms with E-state index in [2.05, 4.69) is 14.5 Å². The van der Waals surface area contributed by atoms with Crippen LogP contribution in [0.3, 0.4) is 0 Å². The first kappa shape index (κ1) is 20.0. The fraction of sp³-hybridized carbons (Fsp3) is 0.333. The van der Waals surface area contributed by atoms with Crippen molar-refractivity contribution in [2.24, 2.45) is 0 Å². The lowest BCUT2D eigenvalue weighted by Gasteiger charge is -2.36. The SMILES string of the molecule is O=S(=O)(NCCN1CCN(c2ccc(Cl)cc2)CC1)c1ccc(F)c(F)c1. The summed E-state index contributed by atoms with van der Waals surface area (Å²) in [4.78, 5) is 4.12. The predicted molar refractivity (Wildman–Crippen MR) is 102 cm³/mol. The number of anilines is 1. The highest BCUT2D eigenvalue weighted by Crippen LogP contribution is 2.19. The van der Waals surface area contributed by atoms with E-state index in [1.165, 1.54) is 0 Å². The maximum absolute atomic E-state index is 13.2. The number of halogens is 3. The zero-order chi connectivity index (χ0) is 19.4. The van der Waals surface area contributed by atoms with Gasteiger partial charge in [-0.1, -0.05) is 11.6 Å². The summed E-state index contributed by atoms with van der Waals surface area (Å²) in [5.41, 5.74) is 1.11. The Bertz CT molecular complexity index is 886. The van der Waals surface area contributed by atoms with Crippen molar-refractivity contribution in [2.75, 3.05) is 44.2 Å². The molecular weight excluding hydrogens is 396 g/mol. The highest BCUT2D eigenvalue weighted by Gasteiger charge is 2.19. The lowest BCUT2D eigenvalue weighted by molar-refractivity contribution is 0.262. The van der Waals surface area contributed by atoms with Crippen molar-refractivity contribution in [2.45, 2.75) is 4.90 Å². The molecule has 1 aliphatic rings. The summed E-state index contributed by atoms with van der Waals surface area (Å²) in [7, 11) is -3.86. The molecule has 0 bridgehead atoms. The predicted octanol–water partition coefficient (Wildman–Crippen LogP) is 2.72. The van der Waals surface area contributed by atoms with Crippen molar-refractivity contribution in [1.29, 1.82) is 0 Å². The number of piperazine rings is 1. The number of hydrogen-bond acceptors (Lipinski definition) is 4. The summed E-state index contributed by atoms with van der Waals surface area (Å²) in [6.07, 6.45) is 0. The van der Waals surface area contributed by atoms with E-state index in [1.54, 1.807) is 0 Å². The second-order valence-corrected chi connectivity index (χ2v) is 8.48. The molecule has 0 spiro atoms. The molecule has 0 atom stereocenters. The van der Waals surface area contributed by atoms with Gasteiger partial charge in [0.25, 0.3) is 0 Å². The van der Waals surface area contributed by atoms with Gasteiger partial charge in [0.1, 0.15) is 0 Å². The molecule has 27 heavy (non-hydrogen) atoms. The lowest BCUT2D eigenvalue weighted by atomic mass is 10.2. The first-order valence-electron chi connectivity index (χ1n) is 8.53. The van der Waals surface area contributed by atoms with Crippen LogP contribution in [0.25, 0.3) is 0 Å². The van der Waals surface area contributed by atoms with Gasteiger partial charge in [-0.2, -0.15) is 0 Å². The van der Waals surface area contributed by atoms with Gasteiger partial charge in [-0.15, -0.1) is 0 Å². The van der Waals surface area contributed by atoms with Crippen LogP contribution in [0.15, 0.2) is 47.4 Å². The van der Waals surface area contributed by atoms with Crippen LogP contribution in [0.5, 0.6) is 0 Å². The largest absolute Gasteiger partial charge is 0.369 e. The maximum atomic E-state index is 13.2. The first-order chi connectivity index (χ1) is 12.8. The fourth-order valence-corrected chi connectivity index (χ4v) is 4.11. The molecule has 0 aromatic heterocycles. The minimum atomic E-state index is -3.86. The zero-order valence-electron chi connectivity index (χ0n) is 14.5. The van der Waals surface area contributed by atoms with Gasteiger partial charge in [0, 0.05) is 50.0 Å². The lowest BCUT2D eigenvalue weighted by Crippen LogP contribution is -2.48. The van der Waals surface area contributed by atoms with Crippen molar-refractivity contribution in [3.8, 4) is 0 Å². The van der Waals surface area contributed by atoms with Crippen LogP contribution in [-0.2, 0) is 10.0 Å². The zero-order valence-corrected chi connectivity index (χ0v) is 16.1. The molecule has 146 valence electrons. The Labute approximate surface area is 162 Å². The van der Waals surface area contributed by atoms with Crippen molar-refractivity contribution < 1.29 is 17.2 Å². The van der Waals surface area contributed by atoms with Gasteiger partial charge in [-0.3, -0.25) is 4.90 Å². The number of rotatable bonds is 6. The molecule has 0 aliphatic carbocycles. The highest BCUT2D eigenvalue weighted by atomic mass is 35.5. The minimum absolute atomic E-state index is 0.197. The summed E-state index contributed by atoms with van der Waals surface area (Å²) >= 11 is 5.91. The smallest absolute Gasteiger partial charge is 0.240 e. The van der Waals surface area contributed by atoms with Crippen LogP contribution in [-0.4, -0.2) is 52.6 Å². The molecule has 1 heterocycles. The highest BCUT2D eigenvalue weighted by molar-refractivity contribution is 7.89. The Hall–Kier alpha value is -1.74. The number of nitrogens with one attached hydrogen (secondary N) is 1. The van der Waals surface area contributed by atoms with Crippen molar-refractivity contribution in [1.82, 2.24) is 9.62 Å². The van der Waals surface area contributed by atoms with Crippen LogP contribution in [0, 0.1) is 11.6 Å². The van der Waals surface area contributed by atoms with Crippen LogP contribution in [0.1, 0.15) is 0 Å². The van der Waals surface area contributed by atoms with E-state index in [0.717, 1.165) is 44.0 Å². The molecule has 0 radical (unpaired) electrons. The standard InChI is InChI=1S/C18H20ClF2N3O2S/c19-14-1-3-15(4-2-14)24-11-9-23(10-12-24)8-7-22-27(25,26)16-5-6-17(20)18(21)13-16/h1-6,13,22H,7-12H2. The van der Waals surface area contributed by atoms with Crippen LogP contribution in [0.2, 0.25) is 5.02 Å².